The summed E-state index contributed by atoms with van der Waals surface area (Å²) in [6.45, 7) is 0. The van der Waals surface area contributed by atoms with Gasteiger partial charge < -0.3 is 10.3 Å². The van der Waals surface area contributed by atoms with E-state index in [2.05, 4.69) is 18.2 Å². The van der Waals surface area contributed by atoms with Crippen LogP contribution in [-0.4, -0.2) is 16.3 Å². The van der Waals surface area contributed by atoms with Gasteiger partial charge in [0.05, 0.1) is 0 Å². The van der Waals surface area contributed by atoms with Crippen LogP contribution in [0.25, 0.3) is 0 Å². The molecule has 0 bridgehead atoms. The SMILES string of the molecule is NC1CCC(c2ccc3c(c2)CC[C@H](C[S+]([O-])c2ccccc2)C3)C1. The quantitative estimate of drug-likeness (QED) is 0.838. The molecule has 3 unspecified atom stereocenters. The summed E-state index contributed by atoms with van der Waals surface area (Å²) in [7, 11) is 0. The Morgan fingerprint density at radius 2 is 1.84 bits per heavy atom. The third-order valence-corrected chi connectivity index (χ3v) is 7.47. The number of fused-ring (bicyclic) bond motifs is 1. The van der Waals surface area contributed by atoms with Gasteiger partial charge in [0, 0.05) is 12.0 Å². The number of hydrogen-bond donors (Lipinski definition) is 1. The zero-order valence-electron chi connectivity index (χ0n) is 14.7. The molecule has 2 aliphatic carbocycles. The second-order valence-electron chi connectivity index (χ2n) is 7.73. The second kappa shape index (κ2) is 7.53. The zero-order valence-corrected chi connectivity index (χ0v) is 15.5. The summed E-state index contributed by atoms with van der Waals surface area (Å²) in [5, 5.41) is 0. The van der Waals surface area contributed by atoms with Crippen molar-refractivity contribution in [2.24, 2.45) is 11.7 Å². The minimum atomic E-state index is -0.882. The third-order valence-electron chi connectivity index (χ3n) is 5.90. The summed E-state index contributed by atoms with van der Waals surface area (Å²) in [6.07, 6.45) is 6.88. The maximum absolute atomic E-state index is 12.6. The Morgan fingerprint density at radius 3 is 2.60 bits per heavy atom. The van der Waals surface area contributed by atoms with Crippen molar-refractivity contribution < 1.29 is 4.55 Å². The number of nitrogens with two attached hydrogens (primary N) is 1. The van der Waals surface area contributed by atoms with Crippen LogP contribution in [0, 0.1) is 5.92 Å². The fourth-order valence-corrected chi connectivity index (χ4v) is 5.81. The molecule has 0 heterocycles. The van der Waals surface area contributed by atoms with Gasteiger partial charge in [-0.15, -0.1) is 0 Å². The molecule has 4 rings (SSSR count). The van der Waals surface area contributed by atoms with Crippen molar-refractivity contribution >= 4 is 11.2 Å². The van der Waals surface area contributed by atoms with Crippen molar-refractivity contribution in [2.45, 2.75) is 55.4 Å². The molecule has 3 heteroatoms. The molecule has 25 heavy (non-hydrogen) atoms. The first-order chi connectivity index (χ1) is 12.2. The van der Waals surface area contributed by atoms with E-state index >= 15 is 0 Å². The average Bonchev–Trinajstić information content (AvgIpc) is 3.08. The minimum absolute atomic E-state index is 0.387. The van der Waals surface area contributed by atoms with Gasteiger partial charge in [0.25, 0.3) is 0 Å². The molecule has 0 amide bonds. The summed E-state index contributed by atoms with van der Waals surface area (Å²) in [5.74, 6) is 1.96. The molecule has 0 aliphatic heterocycles. The molecule has 2 aromatic rings. The van der Waals surface area contributed by atoms with Crippen LogP contribution in [-0.2, 0) is 24.0 Å². The van der Waals surface area contributed by atoms with E-state index in [0.29, 0.717) is 17.9 Å². The van der Waals surface area contributed by atoms with E-state index < -0.39 is 11.2 Å². The average molecular weight is 354 g/mol. The van der Waals surface area contributed by atoms with Gasteiger partial charge in [-0.1, -0.05) is 36.4 Å². The van der Waals surface area contributed by atoms with Crippen LogP contribution in [0.15, 0.2) is 53.4 Å². The maximum atomic E-state index is 12.6. The first-order valence-corrected chi connectivity index (χ1v) is 10.8. The highest BCUT2D eigenvalue weighted by Crippen LogP contribution is 2.36. The summed E-state index contributed by atoms with van der Waals surface area (Å²) in [4.78, 5) is 0.959. The predicted octanol–water partition coefficient (Wildman–Crippen LogP) is 4.19. The largest absolute Gasteiger partial charge is 0.611 e. The van der Waals surface area contributed by atoms with Crippen molar-refractivity contribution in [3.05, 3.63) is 65.2 Å². The van der Waals surface area contributed by atoms with Gasteiger partial charge in [0.1, 0.15) is 5.75 Å². The number of hydrogen-bond acceptors (Lipinski definition) is 2. The van der Waals surface area contributed by atoms with E-state index in [1.165, 1.54) is 23.1 Å². The first-order valence-electron chi connectivity index (χ1n) is 9.50. The molecular formula is C22H27NOS. The summed E-state index contributed by atoms with van der Waals surface area (Å²) >= 11 is -0.882. The van der Waals surface area contributed by atoms with Gasteiger partial charge in [-0.2, -0.15) is 0 Å². The molecule has 4 atom stereocenters. The van der Waals surface area contributed by atoms with Gasteiger partial charge in [-0.25, -0.2) is 0 Å². The number of rotatable bonds is 4. The third kappa shape index (κ3) is 3.94. The first kappa shape index (κ1) is 17.1. The van der Waals surface area contributed by atoms with Gasteiger partial charge in [-0.05, 0) is 84.4 Å². The Labute approximate surface area is 154 Å². The molecule has 2 nitrogen and oxygen atoms in total. The Morgan fingerprint density at radius 1 is 1.00 bits per heavy atom. The van der Waals surface area contributed by atoms with Gasteiger partial charge >= 0.3 is 0 Å². The van der Waals surface area contributed by atoms with Crippen molar-refractivity contribution in [1.29, 1.82) is 0 Å². The highest BCUT2D eigenvalue weighted by molar-refractivity contribution is 7.91. The smallest absolute Gasteiger partial charge is 0.152 e. The van der Waals surface area contributed by atoms with Gasteiger partial charge in [0.15, 0.2) is 4.90 Å². The van der Waals surface area contributed by atoms with Crippen LogP contribution in [0.2, 0.25) is 0 Å². The lowest BCUT2D eigenvalue weighted by molar-refractivity contribution is 0.490. The van der Waals surface area contributed by atoms with Crippen molar-refractivity contribution in [1.82, 2.24) is 0 Å². The Kier molecular flexibility index (Phi) is 5.16. The minimum Gasteiger partial charge on any atom is -0.611 e. The molecule has 0 radical (unpaired) electrons. The molecular weight excluding hydrogens is 326 g/mol. The van der Waals surface area contributed by atoms with E-state index in [-0.39, 0.29) is 0 Å². The fraction of sp³-hybridized carbons (Fsp3) is 0.455. The molecule has 0 saturated heterocycles. The lowest BCUT2D eigenvalue weighted by Crippen LogP contribution is -2.23. The van der Waals surface area contributed by atoms with E-state index in [1.807, 2.05) is 30.3 Å². The van der Waals surface area contributed by atoms with E-state index in [0.717, 1.165) is 42.8 Å². The Balaban J connectivity index is 1.41. The monoisotopic (exact) mass is 353 g/mol. The fourth-order valence-electron chi connectivity index (χ4n) is 4.45. The topological polar surface area (TPSA) is 49.1 Å². The molecule has 0 spiro atoms. The number of aryl methyl sites for hydroxylation is 1. The number of benzene rings is 2. The van der Waals surface area contributed by atoms with Crippen LogP contribution < -0.4 is 5.73 Å². The standard InChI is InChI=1S/C22H27NOS/c23-21-11-10-20(14-21)19-9-8-17-12-16(6-7-18(17)13-19)15-25(24)22-4-2-1-3-5-22/h1-5,8-9,13,16,20-21H,6-7,10-12,14-15,23H2/t16-,20?,21?,25?/m0/s1. The second-order valence-corrected chi connectivity index (χ2v) is 9.23. The Hall–Kier alpha value is -1.29. The van der Waals surface area contributed by atoms with Crippen molar-refractivity contribution in [2.75, 3.05) is 5.75 Å². The van der Waals surface area contributed by atoms with Crippen LogP contribution in [0.3, 0.4) is 0 Å². The highest BCUT2D eigenvalue weighted by atomic mass is 32.2. The van der Waals surface area contributed by atoms with Crippen LogP contribution in [0.1, 0.15) is 48.3 Å². The van der Waals surface area contributed by atoms with Gasteiger partial charge in [-0.3, -0.25) is 0 Å². The van der Waals surface area contributed by atoms with Crippen molar-refractivity contribution in [3.63, 3.8) is 0 Å². The normalized spacial score (nSPS) is 27.0. The lowest BCUT2D eigenvalue weighted by Gasteiger charge is -2.26. The van der Waals surface area contributed by atoms with Crippen LogP contribution in [0.5, 0.6) is 0 Å². The maximum Gasteiger partial charge on any atom is 0.152 e. The summed E-state index contributed by atoms with van der Waals surface area (Å²) in [6, 6.07) is 17.3. The predicted molar refractivity (Wildman–Crippen MR) is 104 cm³/mol. The summed E-state index contributed by atoms with van der Waals surface area (Å²) in [5.41, 5.74) is 10.5. The molecule has 2 aromatic carbocycles. The van der Waals surface area contributed by atoms with E-state index in [1.54, 1.807) is 0 Å². The molecule has 2 aliphatic rings. The van der Waals surface area contributed by atoms with Gasteiger partial charge in [0.2, 0.25) is 0 Å². The summed E-state index contributed by atoms with van der Waals surface area (Å²) < 4.78 is 12.6. The highest BCUT2D eigenvalue weighted by Gasteiger charge is 2.27. The van der Waals surface area contributed by atoms with E-state index in [9.17, 15) is 4.55 Å². The zero-order chi connectivity index (χ0) is 17.2. The molecule has 0 aromatic heterocycles. The molecule has 132 valence electrons. The van der Waals surface area contributed by atoms with Crippen molar-refractivity contribution in [3.8, 4) is 0 Å². The molecule has 1 fully saturated rings. The van der Waals surface area contributed by atoms with Crippen LogP contribution in [0.4, 0.5) is 0 Å². The molecule has 2 N–H and O–H groups in total. The van der Waals surface area contributed by atoms with Crippen LogP contribution >= 0.6 is 0 Å². The Bertz CT molecular complexity index is 717. The molecule has 1 saturated carbocycles. The lowest BCUT2D eigenvalue weighted by atomic mass is 9.82. The van der Waals surface area contributed by atoms with E-state index in [4.69, 9.17) is 5.73 Å².